The molecule has 1 saturated carbocycles. The molecule has 0 heterocycles. The fourth-order valence-electron chi connectivity index (χ4n) is 2.84. The first-order valence-corrected chi connectivity index (χ1v) is 7.52. The molecule has 4 heteroatoms. The summed E-state index contributed by atoms with van der Waals surface area (Å²) < 4.78 is 5.45. The Bertz CT molecular complexity index is 536. The van der Waals surface area contributed by atoms with E-state index in [0.717, 1.165) is 6.42 Å². The summed E-state index contributed by atoms with van der Waals surface area (Å²) in [7, 11) is 0. The molecule has 21 heavy (non-hydrogen) atoms. The highest BCUT2D eigenvalue weighted by atomic mass is 16.5. The molecule has 0 spiro atoms. The van der Waals surface area contributed by atoms with Gasteiger partial charge in [0.05, 0.1) is 11.6 Å². The number of nitrogens with zero attached hydrogens (tertiary/aromatic N) is 1. The number of carbonyl (C=O) groups excluding carboxylic acids is 1. The molecule has 1 aliphatic carbocycles. The first kappa shape index (κ1) is 15.4. The van der Waals surface area contributed by atoms with E-state index in [1.54, 1.807) is 24.3 Å². The summed E-state index contributed by atoms with van der Waals surface area (Å²) in [6, 6.07) is 9.14. The van der Waals surface area contributed by atoms with Gasteiger partial charge in [0.1, 0.15) is 5.75 Å². The molecule has 1 aromatic rings. The van der Waals surface area contributed by atoms with Gasteiger partial charge in [0.15, 0.2) is 6.61 Å². The molecule has 0 unspecified atom stereocenters. The quantitative estimate of drug-likeness (QED) is 0.925. The van der Waals surface area contributed by atoms with Crippen LogP contribution in [0.15, 0.2) is 24.3 Å². The Morgan fingerprint density at radius 2 is 2.24 bits per heavy atom. The third-order valence-corrected chi connectivity index (χ3v) is 4.39. The Hall–Kier alpha value is -2.02. The van der Waals surface area contributed by atoms with E-state index in [0.29, 0.717) is 23.1 Å². The Morgan fingerprint density at radius 1 is 1.43 bits per heavy atom. The molecule has 1 aliphatic rings. The summed E-state index contributed by atoms with van der Waals surface area (Å²) in [6.07, 6.45) is 3.45. The van der Waals surface area contributed by atoms with E-state index in [1.807, 2.05) is 0 Å². The summed E-state index contributed by atoms with van der Waals surface area (Å²) in [6.45, 7) is 4.44. The third kappa shape index (κ3) is 4.22. The second-order valence-corrected chi connectivity index (χ2v) is 5.87. The maximum atomic E-state index is 12.0. The minimum absolute atomic E-state index is 0.00746. The lowest BCUT2D eigenvalue weighted by atomic mass is 9.78. The van der Waals surface area contributed by atoms with Gasteiger partial charge in [0, 0.05) is 6.04 Å². The van der Waals surface area contributed by atoms with Crippen molar-refractivity contribution in [3.63, 3.8) is 0 Å². The predicted octanol–water partition coefficient (Wildman–Crippen LogP) is 2.88. The summed E-state index contributed by atoms with van der Waals surface area (Å²) >= 11 is 0. The zero-order chi connectivity index (χ0) is 15.2. The van der Waals surface area contributed by atoms with Crippen LogP contribution in [0.1, 0.15) is 38.7 Å². The van der Waals surface area contributed by atoms with Crippen LogP contribution in [-0.2, 0) is 4.79 Å². The fraction of sp³-hybridized carbons (Fsp3) is 0.529. The van der Waals surface area contributed by atoms with Gasteiger partial charge in [-0.25, -0.2) is 0 Å². The number of hydrogen-bond acceptors (Lipinski definition) is 3. The van der Waals surface area contributed by atoms with E-state index >= 15 is 0 Å². The lowest BCUT2D eigenvalue weighted by Gasteiger charge is -2.34. The van der Waals surface area contributed by atoms with Crippen LogP contribution in [0.5, 0.6) is 5.75 Å². The summed E-state index contributed by atoms with van der Waals surface area (Å²) in [5.74, 6) is 1.61. The van der Waals surface area contributed by atoms with Crippen LogP contribution >= 0.6 is 0 Å². The van der Waals surface area contributed by atoms with E-state index in [4.69, 9.17) is 10.00 Å². The van der Waals surface area contributed by atoms with E-state index in [-0.39, 0.29) is 18.6 Å². The smallest absolute Gasteiger partial charge is 0.258 e. The van der Waals surface area contributed by atoms with Gasteiger partial charge in [-0.15, -0.1) is 0 Å². The van der Waals surface area contributed by atoms with Crippen molar-refractivity contribution >= 4 is 5.91 Å². The van der Waals surface area contributed by atoms with E-state index in [1.165, 1.54) is 12.8 Å². The molecule has 112 valence electrons. The van der Waals surface area contributed by atoms with Gasteiger partial charge >= 0.3 is 0 Å². The topological polar surface area (TPSA) is 62.1 Å². The SMILES string of the molecule is C[C@H]1[C@@H](NC(=O)COc2cccc(C#N)c2)CCC[C@@H]1C. The van der Waals surface area contributed by atoms with Gasteiger partial charge in [-0.05, 0) is 36.5 Å². The van der Waals surface area contributed by atoms with Gasteiger partial charge in [0.2, 0.25) is 0 Å². The monoisotopic (exact) mass is 286 g/mol. The number of benzene rings is 1. The van der Waals surface area contributed by atoms with Crippen LogP contribution < -0.4 is 10.1 Å². The van der Waals surface area contributed by atoms with Crippen molar-refractivity contribution in [3.05, 3.63) is 29.8 Å². The molecule has 0 aromatic heterocycles. The van der Waals surface area contributed by atoms with Crippen LogP contribution in [0.3, 0.4) is 0 Å². The molecular weight excluding hydrogens is 264 g/mol. The largest absolute Gasteiger partial charge is 0.484 e. The van der Waals surface area contributed by atoms with Crippen LogP contribution in [0.2, 0.25) is 0 Å². The molecule has 0 radical (unpaired) electrons. The second kappa shape index (κ2) is 7.12. The van der Waals surface area contributed by atoms with Crippen molar-refractivity contribution in [1.29, 1.82) is 5.26 Å². The van der Waals surface area contributed by atoms with Crippen LogP contribution in [-0.4, -0.2) is 18.6 Å². The molecule has 3 atom stereocenters. The molecule has 0 bridgehead atoms. The predicted molar refractivity (Wildman–Crippen MR) is 80.8 cm³/mol. The maximum absolute atomic E-state index is 12.0. The number of nitrogens with one attached hydrogen (secondary N) is 1. The minimum atomic E-state index is -0.0942. The molecular formula is C17H22N2O2. The molecule has 0 aliphatic heterocycles. The van der Waals surface area contributed by atoms with E-state index in [2.05, 4.69) is 25.2 Å². The molecule has 0 saturated heterocycles. The van der Waals surface area contributed by atoms with Gasteiger partial charge in [-0.3, -0.25) is 4.79 Å². The molecule has 1 fully saturated rings. The molecule has 1 aromatic carbocycles. The van der Waals surface area contributed by atoms with Crippen molar-refractivity contribution in [3.8, 4) is 11.8 Å². The normalized spacial score (nSPS) is 24.9. The van der Waals surface area contributed by atoms with Gasteiger partial charge in [-0.1, -0.05) is 32.8 Å². The highest BCUT2D eigenvalue weighted by Gasteiger charge is 2.28. The van der Waals surface area contributed by atoms with Crippen LogP contribution in [0.25, 0.3) is 0 Å². The van der Waals surface area contributed by atoms with Crippen molar-refractivity contribution in [2.45, 2.75) is 39.2 Å². The van der Waals surface area contributed by atoms with Gasteiger partial charge in [-0.2, -0.15) is 5.26 Å². The second-order valence-electron chi connectivity index (χ2n) is 5.87. The molecule has 1 N–H and O–H groups in total. The number of rotatable bonds is 4. The zero-order valence-electron chi connectivity index (χ0n) is 12.6. The Balaban J connectivity index is 1.83. The third-order valence-electron chi connectivity index (χ3n) is 4.39. The minimum Gasteiger partial charge on any atom is -0.484 e. The molecule has 1 amide bonds. The number of hydrogen-bond donors (Lipinski definition) is 1. The van der Waals surface area contributed by atoms with Gasteiger partial charge < -0.3 is 10.1 Å². The fourth-order valence-corrected chi connectivity index (χ4v) is 2.84. The maximum Gasteiger partial charge on any atom is 0.258 e. The number of amides is 1. The number of carbonyl (C=O) groups is 1. The zero-order valence-corrected chi connectivity index (χ0v) is 12.6. The van der Waals surface area contributed by atoms with Gasteiger partial charge in [0.25, 0.3) is 5.91 Å². The standard InChI is InChI=1S/C17H22N2O2/c1-12-5-3-8-16(13(12)2)19-17(20)11-21-15-7-4-6-14(9-15)10-18/h4,6-7,9,12-13,16H,3,5,8,11H2,1-2H3,(H,19,20)/t12-,13+,16-/m0/s1. The first-order valence-electron chi connectivity index (χ1n) is 7.52. The number of nitriles is 1. The summed E-state index contributed by atoms with van der Waals surface area (Å²) in [5.41, 5.74) is 0.530. The Morgan fingerprint density at radius 3 is 3.00 bits per heavy atom. The Labute approximate surface area is 126 Å². The van der Waals surface area contributed by atoms with Crippen molar-refractivity contribution in [1.82, 2.24) is 5.32 Å². The average molecular weight is 286 g/mol. The van der Waals surface area contributed by atoms with Crippen LogP contribution in [0, 0.1) is 23.2 Å². The summed E-state index contributed by atoms with van der Waals surface area (Å²) in [5, 5.41) is 11.9. The molecule has 2 rings (SSSR count). The highest BCUT2D eigenvalue weighted by molar-refractivity contribution is 5.77. The van der Waals surface area contributed by atoms with E-state index < -0.39 is 0 Å². The first-order chi connectivity index (χ1) is 10.1. The summed E-state index contributed by atoms with van der Waals surface area (Å²) in [4.78, 5) is 12.0. The number of ether oxygens (including phenoxy) is 1. The average Bonchev–Trinajstić information content (AvgIpc) is 2.50. The molecule has 4 nitrogen and oxygen atoms in total. The van der Waals surface area contributed by atoms with E-state index in [9.17, 15) is 4.79 Å². The van der Waals surface area contributed by atoms with Crippen molar-refractivity contribution in [2.24, 2.45) is 11.8 Å². The lowest BCUT2D eigenvalue weighted by molar-refractivity contribution is -0.124. The van der Waals surface area contributed by atoms with Crippen molar-refractivity contribution < 1.29 is 9.53 Å². The lowest BCUT2D eigenvalue weighted by Crippen LogP contribution is -2.45. The van der Waals surface area contributed by atoms with Crippen LogP contribution in [0.4, 0.5) is 0 Å². The van der Waals surface area contributed by atoms with Crippen molar-refractivity contribution in [2.75, 3.05) is 6.61 Å². The Kier molecular flexibility index (Phi) is 5.21. The highest BCUT2D eigenvalue weighted by Crippen LogP contribution is 2.29.